The second kappa shape index (κ2) is 18.5. The normalized spacial score (nSPS) is 11.8. The molecule has 0 unspecified atom stereocenters. The Morgan fingerprint density at radius 3 is 1.22 bits per heavy atom. The average Bonchev–Trinajstić information content (AvgIpc) is 3.90. The third kappa shape index (κ3) is 12.2. The number of aromatic amines is 2. The van der Waals surface area contributed by atoms with Gasteiger partial charge in [0.2, 0.25) is 0 Å². The molecule has 0 bridgehead atoms. The summed E-state index contributed by atoms with van der Waals surface area (Å²) in [5.74, 6) is -0.962. The molecule has 12 nitrogen and oxygen atoms in total. The van der Waals surface area contributed by atoms with Crippen molar-refractivity contribution < 1.29 is 85.2 Å². The maximum Gasteiger partial charge on any atom is 1.00 e. The van der Waals surface area contributed by atoms with E-state index in [2.05, 4.69) is 29.9 Å². The van der Waals surface area contributed by atoms with Gasteiger partial charge in [-0.3, -0.25) is 14.8 Å². The first-order valence-electron chi connectivity index (χ1n) is 17.2. The fourth-order valence-corrected chi connectivity index (χ4v) is 4.73. The number of nitrogens with one attached hydrogen (secondary N) is 2. The zero-order valence-corrected chi connectivity index (χ0v) is 34.2. The van der Waals surface area contributed by atoms with Gasteiger partial charge in [-0.05, 0) is 86.6 Å². The molecule has 3 N–H and O–H groups in total. The number of halogens is 6. The number of carboxylic acids is 2. The number of alkyl halides is 6. The van der Waals surface area contributed by atoms with Crippen LogP contribution in [-0.4, -0.2) is 60.2 Å². The average molecular weight is 833 g/mol. The fraction of sp³-hybridized carbons (Fsp3) is 0.250. The van der Waals surface area contributed by atoms with Gasteiger partial charge >= 0.3 is 47.9 Å². The predicted octanol–water partition coefficient (Wildman–Crippen LogP) is 4.96. The molecule has 0 radical (unpaired) electrons. The molecule has 4 heterocycles. The molecular weight excluding hydrogens is 797 g/mol. The first-order valence-corrected chi connectivity index (χ1v) is 17.2. The number of aromatic nitrogens is 6. The molecule has 4 aromatic heterocycles. The van der Waals surface area contributed by atoms with Gasteiger partial charge in [0, 0.05) is 40.1 Å². The largest absolute Gasteiger partial charge is 1.00 e. The molecule has 19 heteroatoms. The van der Waals surface area contributed by atoms with Crippen LogP contribution in [-0.2, 0) is 21.9 Å². The van der Waals surface area contributed by atoms with Gasteiger partial charge in [-0.25, -0.2) is 9.97 Å². The fourth-order valence-electron chi connectivity index (χ4n) is 4.73. The Hall–Kier alpha value is -5.72. The zero-order valence-electron chi connectivity index (χ0n) is 32.2. The van der Waals surface area contributed by atoms with E-state index in [1.54, 1.807) is 86.6 Å². The number of carbonyl (C=O) groups is 2. The van der Waals surface area contributed by atoms with Crippen molar-refractivity contribution in [2.75, 3.05) is 13.2 Å². The van der Waals surface area contributed by atoms with E-state index in [1.807, 2.05) is 0 Å². The van der Waals surface area contributed by atoms with Crippen LogP contribution in [0.5, 0.6) is 11.5 Å². The third-order valence-electron chi connectivity index (χ3n) is 8.47. The summed E-state index contributed by atoms with van der Waals surface area (Å²) in [5, 5.41) is 20.1. The van der Waals surface area contributed by atoms with Crippen molar-refractivity contribution in [3.8, 4) is 56.8 Å². The van der Waals surface area contributed by atoms with Crippen LogP contribution in [0.2, 0.25) is 0 Å². The van der Waals surface area contributed by atoms with Gasteiger partial charge in [-0.1, -0.05) is 13.8 Å². The maximum atomic E-state index is 12.7. The molecule has 0 saturated carbocycles. The molecule has 0 aliphatic heterocycles. The number of carbonyl (C=O) groups excluding carboxylic acids is 1. The second-order valence-corrected chi connectivity index (χ2v) is 14.1. The van der Waals surface area contributed by atoms with Crippen molar-refractivity contribution in [2.45, 2.75) is 40.0 Å². The van der Waals surface area contributed by atoms with E-state index >= 15 is 0 Å². The molecular formula is C40H35F6N6NaO6. The summed E-state index contributed by atoms with van der Waals surface area (Å²) >= 11 is 0. The molecule has 59 heavy (non-hydrogen) atoms. The van der Waals surface area contributed by atoms with Gasteiger partial charge in [-0.2, -0.15) is 26.3 Å². The van der Waals surface area contributed by atoms with Gasteiger partial charge < -0.3 is 34.4 Å². The smallest absolute Gasteiger partial charge is 0.549 e. The van der Waals surface area contributed by atoms with Crippen molar-refractivity contribution in [2.24, 2.45) is 10.8 Å². The molecule has 0 fully saturated rings. The van der Waals surface area contributed by atoms with E-state index in [4.69, 9.17) is 14.6 Å². The number of nitrogens with zero attached hydrogens (tertiary/aromatic N) is 4. The molecule has 0 spiro atoms. The van der Waals surface area contributed by atoms with Crippen molar-refractivity contribution in [1.82, 2.24) is 29.9 Å². The van der Waals surface area contributed by atoms with E-state index in [0.717, 1.165) is 23.5 Å². The number of pyridine rings is 2. The summed E-state index contributed by atoms with van der Waals surface area (Å²) < 4.78 is 87.0. The van der Waals surface area contributed by atoms with E-state index in [9.17, 15) is 41.0 Å². The summed E-state index contributed by atoms with van der Waals surface area (Å²) in [4.78, 5) is 42.6. The monoisotopic (exact) mass is 832 g/mol. The number of hydrogen-bond acceptors (Lipinski definition) is 9. The van der Waals surface area contributed by atoms with Crippen molar-refractivity contribution >= 4 is 11.9 Å². The molecule has 0 saturated heterocycles. The number of H-pyrrole nitrogens is 2. The number of ether oxygens (including phenoxy) is 2. The Labute approximate surface area is 355 Å². The first-order chi connectivity index (χ1) is 27.1. The van der Waals surface area contributed by atoms with Crippen LogP contribution in [0.25, 0.3) is 45.3 Å². The van der Waals surface area contributed by atoms with E-state index in [1.165, 1.54) is 26.2 Å². The third-order valence-corrected chi connectivity index (χ3v) is 8.47. The summed E-state index contributed by atoms with van der Waals surface area (Å²) in [6.45, 7) is 6.16. The number of hydrogen-bond donors (Lipinski definition) is 3. The topological polar surface area (TPSA) is 179 Å². The van der Waals surface area contributed by atoms with Crippen molar-refractivity contribution in [1.29, 1.82) is 0 Å². The molecule has 2 aromatic carbocycles. The van der Waals surface area contributed by atoms with Crippen LogP contribution < -0.4 is 44.1 Å². The van der Waals surface area contributed by atoms with Crippen LogP contribution in [0.3, 0.4) is 0 Å². The minimum atomic E-state index is -4.49. The Morgan fingerprint density at radius 1 is 0.576 bits per heavy atom. The summed E-state index contributed by atoms with van der Waals surface area (Å²) in [7, 11) is 0. The summed E-state index contributed by atoms with van der Waals surface area (Å²) in [6.07, 6.45) is -4.62. The van der Waals surface area contributed by atoms with Gasteiger partial charge in [0.05, 0.1) is 41.8 Å². The van der Waals surface area contributed by atoms with E-state index in [0.29, 0.717) is 34.0 Å². The van der Waals surface area contributed by atoms with Crippen molar-refractivity contribution in [3.63, 3.8) is 0 Å². The Kier molecular flexibility index (Phi) is 14.4. The second-order valence-electron chi connectivity index (χ2n) is 14.1. The summed E-state index contributed by atoms with van der Waals surface area (Å²) in [5.41, 5.74) is -0.343. The van der Waals surface area contributed by atoms with Crippen LogP contribution in [0.15, 0.2) is 97.6 Å². The van der Waals surface area contributed by atoms with Gasteiger partial charge in [0.1, 0.15) is 41.1 Å². The summed E-state index contributed by atoms with van der Waals surface area (Å²) in [6, 6.07) is 20.4. The van der Waals surface area contributed by atoms with Crippen molar-refractivity contribution in [3.05, 3.63) is 109 Å². The van der Waals surface area contributed by atoms with Gasteiger partial charge in [0.15, 0.2) is 0 Å². The van der Waals surface area contributed by atoms with Crippen LogP contribution >= 0.6 is 0 Å². The SMILES string of the molecule is CC(C)(COc1ccc(-c2ccc(-c3ncc(C(F)(F)F)[nH]3)cn2)cc1)C(=O)O.CC(C)(COc1ccc(-c2ccc(-c3ncc(C(F)(F)F)[nH]3)cn2)cc1)C(=O)[O-].[Na+]. The predicted molar refractivity (Wildman–Crippen MR) is 196 cm³/mol. The minimum Gasteiger partial charge on any atom is -0.549 e. The standard InChI is InChI=1S/2C20H18F3N3O3.Na/c2*1-19(2,18(27)28)11-29-14-6-3-12(4-7-14)15-8-5-13(9-24-15)17-25-10-16(26-17)20(21,22)23;/h2*3-10H,11H2,1-2H3,(H,25,26)(H,27,28);/q;;+1/p-1. The Morgan fingerprint density at radius 2 is 0.932 bits per heavy atom. The number of aliphatic carboxylic acids is 2. The number of carboxylic acid groups (broad SMARTS) is 2. The molecule has 6 aromatic rings. The molecule has 6 rings (SSSR count). The van der Waals surface area contributed by atoms with Crippen LogP contribution in [0.4, 0.5) is 26.3 Å². The maximum absolute atomic E-state index is 12.7. The first kappa shape index (κ1) is 46.0. The quantitative estimate of drug-likeness (QED) is 0.113. The number of benzene rings is 2. The van der Waals surface area contributed by atoms with Crippen LogP contribution in [0, 0.1) is 10.8 Å². The molecule has 304 valence electrons. The minimum absolute atomic E-state index is 0. The number of rotatable bonds is 12. The van der Waals surface area contributed by atoms with E-state index < -0.39 is 46.5 Å². The van der Waals surface area contributed by atoms with Gasteiger partial charge in [0.25, 0.3) is 0 Å². The zero-order chi connectivity index (χ0) is 42.5. The molecule has 0 atom stereocenters. The molecule has 0 aliphatic rings. The van der Waals surface area contributed by atoms with Gasteiger partial charge in [-0.15, -0.1) is 0 Å². The Balaban J connectivity index is 0.000000256. The molecule has 0 amide bonds. The Bertz CT molecular complexity index is 2160. The van der Waals surface area contributed by atoms with E-state index in [-0.39, 0.29) is 54.4 Å². The van der Waals surface area contributed by atoms with Crippen LogP contribution in [0.1, 0.15) is 39.1 Å². The number of imidazole rings is 2. The molecule has 0 aliphatic carbocycles.